The molecule has 0 saturated heterocycles. The highest BCUT2D eigenvalue weighted by Gasteiger charge is 2.14. The Bertz CT molecular complexity index is 223. The summed E-state index contributed by atoms with van der Waals surface area (Å²) in [6.07, 6.45) is 0.0499. The molecule has 0 fully saturated rings. The fraction of sp³-hybridized carbons (Fsp3) is 0.700. The molecule has 0 radical (unpaired) electrons. The summed E-state index contributed by atoms with van der Waals surface area (Å²) in [5.74, 6) is -0.714. The van der Waals surface area contributed by atoms with Crippen molar-refractivity contribution in [1.82, 2.24) is 16.0 Å². The predicted octanol–water partition coefficient (Wildman–Crippen LogP) is -0.151. The van der Waals surface area contributed by atoms with Gasteiger partial charge in [-0.2, -0.15) is 0 Å². The second-order valence-electron chi connectivity index (χ2n) is 3.20. The quantitative estimate of drug-likeness (QED) is 0.553. The highest BCUT2D eigenvalue weighted by Crippen LogP contribution is 1.84. The van der Waals surface area contributed by atoms with Crippen LogP contribution in [-0.2, 0) is 14.4 Å². The van der Waals surface area contributed by atoms with Gasteiger partial charge in [-0.15, -0.1) is 0 Å². The van der Waals surface area contributed by atoms with Gasteiger partial charge in [0, 0.05) is 19.3 Å². The van der Waals surface area contributed by atoms with Crippen LogP contribution in [0.2, 0.25) is 0 Å². The van der Waals surface area contributed by atoms with E-state index in [9.17, 15) is 14.4 Å². The maximum absolute atomic E-state index is 11.1. The maximum Gasteiger partial charge on any atom is 0.222 e. The Balaban J connectivity index is 4.31. The van der Waals surface area contributed by atoms with Crippen LogP contribution < -0.4 is 16.0 Å². The zero-order valence-corrected chi connectivity index (χ0v) is 9.92. The number of nitrogens with one attached hydrogen (secondary N) is 3. The van der Waals surface area contributed by atoms with Crippen LogP contribution in [-0.4, -0.2) is 24.0 Å². The molecule has 0 aliphatic heterocycles. The average molecular weight is 229 g/mol. The molecule has 6 nitrogen and oxygen atoms in total. The topological polar surface area (TPSA) is 87.3 Å². The molecular formula is C10H19N3O3. The molecule has 0 aromatic heterocycles. The molecule has 0 aliphatic rings. The predicted molar refractivity (Wildman–Crippen MR) is 59.1 cm³/mol. The summed E-state index contributed by atoms with van der Waals surface area (Å²) in [6.45, 7) is 5.07. The first kappa shape index (κ1) is 14.4. The van der Waals surface area contributed by atoms with E-state index in [1.54, 1.807) is 20.8 Å². The van der Waals surface area contributed by atoms with Gasteiger partial charge in [0.15, 0.2) is 6.29 Å². The normalized spacial score (nSPS) is 9.75. The second kappa shape index (κ2) is 7.67. The Morgan fingerprint density at radius 1 is 0.750 bits per heavy atom. The lowest BCUT2D eigenvalue weighted by Gasteiger charge is -2.20. The maximum atomic E-state index is 11.1. The molecule has 0 unspecified atom stereocenters. The minimum Gasteiger partial charge on any atom is -0.319 e. The van der Waals surface area contributed by atoms with Crippen LogP contribution in [0.25, 0.3) is 0 Å². The van der Waals surface area contributed by atoms with Gasteiger partial charge < -0.3 is 16.0 Å². The Morgan fingerprint density at radius 2 is 1.00 bits per heavy atom. The van der Waals surface area contributed by atoms with Crippen molar-refractivity contribution < 1.29 is 14.4 Å². The molecule has 3 N–H and O–H groups in total. The molecule has 0 spiro atoms. The van der Waals surface area contributed by atoms with Crippen LogP contribution in [0.1, 0.15) is 40.0 Å². The zero-order valence-electron chi connectivity index (χ0n) is 9.92. The molecular weight excluding hydrogens is 210 g/mol. The van der Waals surface area contributed by atoms with Gasteiger partial charge >= 0.3 is 0 Å². The number of hydrogen-bond donors (Lipinski definition) is 3. The van der Waals surface area contributed by atoms with Gasteiger partial charge in [0.25, 0.3) is 0 Å². The first-order valence-corrected chi connectivity index (χ1v) is 5.41. The van der Waals surface area contributed by atoms with E-state index in [4.69, 9.17) is 0 Å². The third-order valence-corrected chi connectivity index (χ3v) is 1.88. The van der Waals surface area contributed by atoms with Gasteiger partial charge in [-0.3, -0.25) is 14.4 Å². The summed E-state index contributed by atoms with van der Waals surface area (Å²) in [5, 5.41) is 7.48. The first-order valence-electron chi connectivity index (χ1n) is 5.41. The third-order valence-electron chi connectivity index (χ3n) is 1.88. The molecule has 16 heavy (non-hydrogen) atoms. The molecule has 0 aliphatic carbocycles. The summed E-state index contributed by atoms with van der Waals surface area (Å²) in [5.41, 5.74) is 0. The van der Waals surface area contributed by atoms with Crippen LogP contribution in [0.15, 0.2) is 0 Å². The van der Waals surface area contributed by atoms with Gasteiger partial charge in [-0.1, -0.05) is 20.8 Å². The highest BCUT2D eigenvalue weighted by atomic mass is 16.2. The van der Waals surface area contributed by atoms with Crippen LogP contribution in [0.3, 0.4) is 0 Å². The van der Waals surface area contributed by atoms with Gasteiger partial charge in [0.05, 0.1) is 0 Å². The lowest BCUT2D eigenvalue weighted by atomic mass is 10.4. The van der Waals surface area contributed by atoms with Crippen LogP contribution in [0, 0.1) is 0 Å². The van der Waals surface area contributed by atoms with Crippen molar-refractivity contribution in [2.75, 3.05) is 0 Å². The van der Waals surface area contributed by atoms with E-state index < -0.39 is 6.29 Å². The van der Waals surface area contributed by atoms with E-state index in [2.05, 4.69) is 16.0 Å². The molecule has 0 saturated carbocycles. The molecule has 0 rings (SSSR count). The summed E-state index contributed by atoms with van der Waals surface area (Å²) in [7, 11) is 0. The van der Waals surface area contributed by atoms with E-state index in [0.29, 0.717) is 19.3 Å². The van der Waals surface area contributed by atoms with Gasteiger partial charge in [0.1, 0.15) is 0 Å². The number of carbonyl (C=O) groups is 3. The monoisotopic (exact) mass is 229 g/mol. The fourth-order valence-electron chi connectivity index (χ4n) is 0.897. The van der Waals surface area contributed by atoms with Gasteiger partial charge in [0.2, 0.25) is 17.7 Å². The molecule has 0 aromatic carbocycles. The lowest BCUT2D eigenvalue weighted by molar-refractivity contribution is -0.126. The third kappa shape index (κ3) is 6.00. The number of carbonyl (C=O) groups excluding carboxylic acids is 3. The van der Waals surface area contributed by atoms with Crippen molar-refractivity contribution in [3.63, 3.8) is 0 Å². The Kier molecular flexibility index (Phi) is 6.91. The van der Waals surface area contributed by atoms with Crippen molar-refractivity contribution in [3.05, 3.63) is 0 Å². The highest BCUT2D eigenvalue weighted by molar-refractivity contribution is 5.81. The second-order valence-corrected chi connectivity index (χ2v) is 3.20. The van der Waals surface area contributed by atoms with E-state index in [1.165, 1.54) is 0 Å². The smallest absolute Gasteiger partial charge is 0.222 e. The van der Waals surface area contributed by atoms with Crippen LogP contribution in [0.4, 0.5) is 0 Å². The van der Waals surface area contributed by atoms with E-state index >= 15 is 0 Å². The molecule has 0 atom stereocenters. The Hall–Kier alpha value is -1.59. The summed E-state index contributed by atoms with van der Waals surface area (Å²) >= 11 is 0. The van der Waals surface area contributed by atoms with Crippen molar-refractivity contribution in [2.45, 2.75) is 46.3 Å². The molecule has 92 valence electrons. The minimum atomic E-state index is -0.827. The summed E-state index contributed by atoms with van der Waals surface area (Å²) in [6, 6.07) is 0. The fourth-order valence-corrected chi connectivity index (χ4v) is 0.897. The van der Waals surface area contributed by atoms with E-state index in [1.807, 2.05) is 0 Å². The number of rotatable bonds is 6. The van der Waals surface area contributed by atoms with Crippen LogP contribution in [0.5, 0.6) is 0 Å². The van der Waals surface area contributed by atoms with Crippen molar-refractivity contribution in [1.29, 1.82) is 0 Å². The lowest BCUT2D eigenvalue weighted by Crippen LogP contribution is -2.57. The molecule has 6 heteroatoms. The minimum absolute atomic E-state index is 0.238. The molecule has 0 aromatic rings. The van der Waals surface area contributed by atoms with E-state index in [0.717, 1.165) is 0 Å². The molecule has 3 amide bonds. The first-order chi connectivity index (χ1) is 7.53. The van der Waals surface area contributed by atoms with Crippen molar-refractivity contribution in [3.8, 4) is 0 Å². The Labute approximate surface area is 95.2 Å². The van der Waals surface area contributed by atoms with Gasteiger partial charge in [-0.05, 0) is 0 Å². The van der Waals surface area contributed by atoms with Crippen molar-refractivity contribution >= 4 is 17.7 Å². The van der Waals surface area contributed by atoms with E-state index in [-0.39, 0.29) is 17.7 Å². The molecule has 0 bridgehead atoms. The van der Waals surface area contributed by atoms with Crippen LogP contribution >= 0.6 is 0 Å². The summed E-state index contributed by atoms with van der Waals surface area (Å²) in [4.78, 5) is 33.4. The largest absolute Gasteiger partial charge is 0.319 e. The van der Waals surface area contributed by atoms with Crippen molar-refractivity contribution in [2.24, 2.45) is 0 Å². The number of hydrogen-bond acceptors (Lipinski definition) is 3. The standard InChI is InChI=1S/C10H19N3O3/c1-4-7(14)11-10(12-8(15)5-2)13-9(16)6-3/h10H,4-6H2,1-3H3,(H,11,14)(H,12,15)(H,13,16). The molecule has 0 heterocycles. The van der Waals surface area contributed by atoms with Gasteiger partial charge in [-0.25, -0.2) is 0 Å². The zero-order chi connectivity index (χ0) is 12.6. The number of amides is 3. The average Bonchev–Trinajstić information content (AvgIpc) is 2.28. The summed E-state index contributed by atoms with van der Waals surface area (Å²) < 4.78 is 0. The Morgan fingerprint density at radius 3 is 1.19 bits per heavy atom. The SMILES string of the molecule is CCC(=O)NC(NC(=O)CC)NC(=O)CC.